The van der Waals surface area contributed by atoms with Crippen LogP contribution in [-0.2, 0) is 9.53 Å². The van der Waals surface area contributed by atoms with E-state index in [1.165, 1.54) is 16.2 Å². The second-order valence-corrected chi connectivity index (χ2v) is 5.30. The predicted molar refractivity (Wildman–Crippen MR) is 65.3 cm³/mol. The van der Waals surface area contributed by atoms with Crippen molar-refractivity contribution in [1.29, 1.82) is 0 Å². The highest BCUT2D eigenvalue weighted by Gasteiger charge is 2.34. The Balaban J connectivity index is 2.23. The van der Waals surface area contributed by atoms with Gasteiger partial charge in [-0.05, 0) is 27.4 Å². The van der Waals surface area contributed by atoms with E-state index >= 15 is 0 Å². The molecule has 0 radical (unpaired) electrons. The molecule has 5 nitrogen and oxygen atoms in total. The molecule has 0 spiro atoms. The first-order valence-corrected chi connectivity index (χ1v) is 6.63. The lowest BCUT2D eigenvalue weighted by Crippen LogP contribution is -2.52. The van der Waals surface area contributed by atoms with Gasteiger partial charge in [0.1, 0.15) is 4.88 Å². The van der Waals surface area contributed by atoms with Crippen molar-refractivity contribution in [2.24, 2.45) is 0 Å². The van der Waals surface area contributed by atoms with Crippen LogP contribution in [0.1, 0.15) is 9.67 Å². The highest BCUT2D eigenvalue weighted by Crippen LogP contribution is 2.25. The van der Waals surface area contributed by atoms with Crippen molar-refractivity contribution < 1.29 is 19.4 Å². The number of hydrogen-bond acceptors (Lipinski definition) is 4. The van der Waals surface area contributed by atoms with Crippen molar-refractivity contribution in [1.82, 2.24) is 4.90 Å². The van der Waals surface area contributed by atoms with Gasteiger partial charge in [-0.1, -0.05) is 0 Å². The highest BCUT2D eigenvalue weighted by molar-refractivity contribution is 9.10. The summed E-state index contributed by atoms with van der Waals surface area (Å²) >= 11 is 4.57. The molecule has 1 aromatic heterocycles. The van der Waals surface area contributed by atoms with Crippen LogP contribution < -0.4 is 0 Å². The molecule has 1 unspecified atom stereocenters. The Morgan fingerprint density at radius 1 is 1.59 bits per heavy atom. The zero-order chi connectivity index (χ0) is 12.4. The van der Waals surface area contributed by atoms with E-state index in [1.54, 1.807) is 11.4 Å². The predicted octanol–water partition coefficient (Wildman–Crippen LogP) is 1.44. The number of carbonyl (C=O) groups is 2. The van der Waals surface area contributed by atoms with E-state index in [0.717, 1.165) is 0 Å². The number of nitrogens with zero attached hydrogens (tertiary/aromatic N) is 1. The SMILES string of the molecule is O=C(O)C1COCCN1C(=O)c1sccc1Br. The maximum absolute atomic E-state index is 12.2. The average Bonchev–Trinajstić information content (AvgIpc) is 2.74. The zero-order valence-electron chi connectivity index (χ0n) is 8.76. The van der Waals surface area contributed by atoms with Crippen molar-refractivity contribution in [2.45, 2.75) is 6.04 Å². The number of thiophene rings is 1. The number of carboxylic acids is 1. The zero-order valence-corrected chi connectivity index (χ0v) is 11.2. The van der Waals surface area contributed by atoms with E-state index < -0.39 is 12.0 Å². The fraction of sp³-hybridized carbons (Fsp3) is 0.400. The lowest BCUT2D eigenvalue weighted by Gasteiger charge is -2.32. The third-order valence-electron chi connectivity index (χ3n) is 2.49. The number of rotatable bonds is 2. The molecule has 17 heavy (non-hydrogen) atoms. The minimum atomic E-state index is -1.04. The highest BCUT2D eigenvalue weighted by atomic mass is 79.9. The quantitative estimate of drug-likeness (QED) is 0.895. The van der Waals surface area contributed by atoms with E-state index in [-0.39, 0.29) is 12.5 Å². The first kappa shape index (κ1) is 12.5. The molecule has 1 N–H and O–H groups in total. The van der Waals surface area contributed by atoms with Crippen LogP contribution in [0.4, 0.5) is 0 Å². The summed E-state index contributed by atoms with van der Waals surface area (Å²) in [6.45, 7) is 0.725. The van der Waals surface area contributed by atoms with Crippen LogP contribution in [0.5, 0.6) is 0 Å². The maximum atomic E-state index is 12.2. The summed E-state index contributed by atoms with van der Waals surface area (Å²) in [5.74, 6) is -1.30. The first-order chi connectivity index (χ1) is 8.11. The molecule has 2 heterocycles. The first-order valence-electron chi connectivity index (χ1n) is 4.95. The molecule has 92 valence electrons. The van der Waals surface area contributed by atoms with Crippen molar-refractivity contribution in [3.05, 3.63) is 20.8 Å². The van der Waals surface area contributed by atoms with Gasteiger partial charge in [-0.3, -0.25) is 4.79 Å². The second kappa shape index (κ2) is 5.16. The molecular formula is C10H10BrNO4S. The van der Waals surface area contributed by atoms with Gasteiger partial charge in [0.15, 0.2) is 6.04 Å². The van der Waals surface area contributed by atoms with Gasteiger partial charge in [-0.25, -0.2) is 4.79 Å². The van der Waals surface area contributed by atoms with Crippen LogP contribution in [0.3, 0.4) is 0 Å². The molecule has 0 saturated carbocycles. The molecule has 0 bridgehead atoms. The van der Waals surface area contributed by atoms with Crippen molar-refractivity contribution in [3.8, 4) is 0 Å². The van der Waals surface area contributed by atoms with E-state index in [9.17, 15) is 9.59 Å². The average molecular weight is 320 g/mol. The molecule has 1 aromatic rings. The molecule has 1 aliphatic heterocycles. The lowest BCUT2D eigenvalue weighted by molar-refractivity contribution is -0.147. The van der Waals surface area contributed by atoms with Crippen molar-refractivity contribution in [2.75, 3.05) is 19.8 Å². The van der Waals surface area contributed by atoms with Crippen molar-refractivity contribution in [3.63, 3.8) is 0 Å². The maximum Gasteiger partial charge on any atom is 0.328 e. The van der Waals surface area contributed by atoms with Crippen LogP contribution in [-0.4, -0.2) is 47.7 Å². The number of hydrogen-bond donors (Lipinski definition) is 1. The van der Waals surface area contributed by atoms with E-state index in [1.807, 2.05) is 0 Å². The Morgan fingerprint density at radius 2 is 2.35 bits per heavy atom. The molecule has 2 rings (SSSR count). The molecule has 1 atom stereocenters. The standard InChI is InChI=1S/C10H10BrNO4S/c11-6-1-4-17-8(6)9(13)12-2-3-16-5-7(12)10(14)15/h1,4,7H,2-3,5H2,(H,14,15). The summed E-state index contributed by atoms with van der Waals surface area (Å²) in [6, 6.07) is 0.874. The molecule has 7 heteroatoms. The minimum Gasteiger partial charge on any atom is -0.480 e. The van der Waals surface area contributed by atoms with Crippen LogP contribution in [0.2, 0.25) is 0 Å². The number of amides is 1. The van der Waals surface area contributed by atoms with E-state index in [2.05, 4.69) is 15.9 Å². The van der Waals surface area contributed by atoms with Gasteiger partial charge in [0, 0.05) is 11.0 Å². The third kappa shape index (κ3) is 2.51. The summed E-state index contributed by atoms with van der Waals surface area (Å²) in [6.07, 6.45) is 0. The normalized spacial score (nSPS) is 20.3. The minimum absolute atomic E-state index is 0.0457. The number of carbonyl (C=O) groups excluding carboxylic acids is 1. The molecule has 0 aromatic carbocycles. The molecule has 0 aliphatic carbocycles. The fourth-order valence-corrected chi connectivity index (χ4v) is 3.12. The lowest BCUT2D eigenvalue weighted by atomic mass is 10.2. The molecule has 1 fully saturated rings. The third-order valence-corrected chi connectivity index (χ3v) is 4.31. The Bertz CT molecular complexity index is 447. The summed E-state index contributed by atoms with van der Waals surface area (Å²) < 4.78 is 5.79. The number of aliphatic carboxylic acids is 1. The van der Waals surface area contributed by atoms with Gasteiger partial charge in [-0.2, -0.15) is 0 Å². The molecule has 1 saturated heterocycles. The molecular weight excluding hydrogens is 310 g/mol. The van der Waals surface area contributed by atoms with Crippen LogP contribution in [0.25, 0.3) is 0 Å². The smallest absolute Gasteiger partial charge is 0.328 e. The topological polar surface area (TPSA) is 66.8 Å². The summed E-state index contributed by atoms with van der Waals surface area (Å²) in [7, 11) is 0. The van der Waals surface area contributed by atoms with Gasteiger partial charge in [0.05, 0.1) is 13.2 Å². The van der Waals surface area contributed by atoms with Crippen LogP contribution in [0.15, 0.2) is 15.9 Å². The molecule has 1 aliphatic rings. The number of carboxylic acid groups (broad SMARTS) is 1. The van der Waals surface area contributed by atoms with Gasteiger partial charge >= 0.3 is 5.97 Å². The number of ether oxygens (including phenoxy) is 1. The largest absolute Gasteiger partial charge is 0.480 e. The van der Waals surface area contributed by atoms with Crippen LogP contribution in [0, 0.1) is 0 Å². The summed E-state index contributed by atoms with van der Waals surface area (Å²) in [4.78, 5) is 25.1. The van der Waals surface area contributed by atoms with Crippen LogP contribution >= 0.6 is 27.3 Å². The van der Waals surface area contributed by atoms with E-state index in [0.29, 0.717) is 22.5 Å². The van der Waals surface area contributed by atoms with Gasteiger partial charge < -0.3 is 14.7 Å². The summed E-state index contributed by atoms with van der Waals surface area (Å²) in [5.41, 5.74) is 0. The van der Waals surface area contributed by atoms with Gasteiger partial charge in [0.2, 0.25) is 0 Å². The second-order valence-electron chi connectivity index (χ2n) is 3.53. The Morgan fingerprint density at radius 3 is 2.94 bits per heavy atom. The number of halogens is 1. The van der Waals surface area contributed by atoms with E-state index in [4.69, 9.17) is 9.84 Å². The number of morpholine rings is 1. The Hall–Kier alpha value is -0.920. The van der Waals surface area contributed by atoms with Gasteiger partial charge in [0.25, 0.3) is 5.91 Å². The monoisotopic (exact) mass is 319 g/mol. The van der Waals surface area contributed by atoms with Gasteiger partial charge in [-0.15, -0.1) is 11.3 Å². The Kier molecular flexibility index (Phi) is 3.80. The molecule has 1 amide bonds. The fourth-order valence-electron chi connectivity index (χ4n) is 1.63. The Labute approximate surface area is 110 Å². The van der Waals surface area contributed by atoms with Crippen molar-refractivity contribution >= 4 is 39.1 Å². The summed E-state index contributed by atoms with van der Waals surface area (Å²) in [5, 5.41) is 10.8.